The first-order chi connectivity index (χ1) is 10.8. The van der Waals surface area contributed by atoms with E-state index >= 15 is 0 Å². The average Bonchev–Trinajstić information content (AvgIpc) is 2.50. The molecule has 0 spiro atoms. The summed E-state index contributed by atoms with van der Waals surface area (Å²) >= 11 is 23.8. The quantitative estimate of drug-likeness (QED) is 0.490. The number of hydrogen-bond acceptors (Lipinski definition) is 3. The van der Waals surface area contributed by atoms with Crippen molar-refractivity contribution in [2.24, 2.45) is 0 Å². The van der Waals surface area contributed by atoms with Gasteiger partial charge in [0.1, 0.15) is 5.75 Å². The Bertz CT molecular complexity index is 878. The summed E-state index contributed by atoms with van der Waals surface area (Å²) in [5.74, 6) is 0.964. The summed E-state index contributed by atoms with van der Waals surface area (Å²) in [4.78, 5) is 8.53. The highest BCUT2D eigenvalue weighted by Crippen LogP contribution is 2.39. The van der Waals surface area contributed by atoms with Crippen molar-refractivity contribution in [1.82, 2.24) is 9.97 Å². The Morgan fingerprint density at radius 3 is 2.43 bits per heavy atom. The molecule has 23 heavy (non-hydrogen) atoms. The number of alkyl halides is 3. The zero-order valence-electron chi connectivity index (χ0n) is 11.9. The first-order valence-corrected chi connectivity index (χ1v) is 8.14. The van der Waals surface area contributed by atoms with Gasteiger partial charge in [-0.05, 0) is 42.8 Å². The molecule has 3 nitrogen and oxygen atoms in total. The van der Waals surface area contributed by atoms with Crippen LogP contribution < -0.4 is 4.74 Å². The van der Waals surface area contributed by atoms with Gasteiger partial charge >= 0.3 is 0 Å². The number of para-hydroxylation sites is 1. The lowest BCUT2D eigenvalue weighted by Gasteiger charge is -2.14. The van der Waals surface area contributed by atoms with Crippen molar-refractivity contribution in [2.75, 3.05) is 0 Å². The topological polar surface area (TPSA) is 35.0 Å². The van der Waals surface area contributed by atoms with Crippen molar-refractivity contribution >= 4 is 57.3 Å². The molecule has 0 fully saturated rings. The minimum Gasteiger partial charge on any atom is -0.438 e. The molecule has 0 N–H and O–H groups in total. The van der Waals surface area contributed by atoms with Crippen molar-refractivity contribution in [3.63, 3.8) is 0 Å². The van der Waals surface area contributed by atoms with E-state index in [0.29, 0.717) is 22.2 Å². The average molecular weight is 388 g/mol. The van der Waals surface area contributed by atoms with Crippen LogP contribution >= 0.6 is 46.4 Å². The van der Waals surface area contributed by atoms with Crippen molar-refractivity contribution in [1.29, 1.82) is 0 Å². The highest BCUT2D eigenvalue weighted by atomic mass is 35.6. The van der Waals surface area contributed by atoms with Crippen LogP contribution in [0.25, 0.3) is 10.9 Å². The molecule has 0 atom stereocenters. The van der Waals surface area contributed by atoms with Gasteiger partial charge in [0.2, 0.25) is 9.67 Å². The number of fused-ring (bicyclic) bond motifs is 1. The molecule has 0 aliphatic carbocycles. The largest absolute Gasteiger partial charge is 0.438 e. The molecule has 0 saturated heterocycles. The van der Waals surface area contributed by atoms with Crippen LogP contribution in [0.1, 0.15) is 11.4 Å². The van der Waals surface area contributed by atoms with E-state index in [1.165, 1.54) is 0 Å². The van der Waals surface area contributed by atoms with Crippen molar-refractivity contribution in [3.05, 3.63) is 58.9 Å². The van der Waals surface area contributed by atoms with E-state index in [9.17, 15) is 0 Å². The van der Waals surface area contributed by atoms with Gasteiger partial charge in [0.25, 0.3) is 0 Å². The maximum absolute atomic E-state index is 6.03. The summed E-state index contributed by atoms with van der Waals surface area (Å²) < 4.78 is 4.14. The molecule has 2 aromatic carbocycles. The molecule has 3 rings (SSSR count). The summed E-state index contributed by atoms with van der Waals surface area (Å²) in [5.41, 5.74) is 1.52. The van der Waals surface area contributed by atoms with Gasteiger partial charge in [-0.3, -0.25) is 0 Å². The van der Waals surface area contributed by atoms with E-state index in [0.717, 1.165) is 10.9 Å². The van der Waals surface area contributed by atoms with Gasteiger partial charge in [-0.2, -0.15) is 4.98 Å². The third-order valence-electron chi connectivity index (χ3n) is 3.17. The van der Waals surface area contributed by atoms with Crippen molar-refractivity contribution in [2.45, 2.75) is 10.7 Å². The number of benzene rings is 2. The van der Waals surface area contributed by atoms with E-state index in [1.54, 1.807) is 18.2 Å². The number of rotatable bonds is 2. The van der Waals surface area contributed by atoms with Gasteiger partial charge in [0.15, 0.2) is 5.82 Å². The Labute approximate surface area is 153 Å². The Morgan fingerprint density at radius 1 is 1.00 bits per heavy atom. The summed E-state index contributed by atoms with van der Waals surface area (Å²) in [6, 6.07) is 12.7. The minimum absolute atomic E-state index is 0.0573. The van der Waals surface area contributed by atoms with E-state index in [-0.39, 0.29) is 5.82 Å². The van der Waals surface area contributed by atoms with E-state index in [2.05, 4.69) is 9.97 Å². The zero-order valence-corrected chi connectivity index (χ0v) is 14.9. The fourth-order valence-electron chi connectivity index (χ4n) is 2.04. The Hall–Kier alpha value is -1.26. The molecule has 0 aliphatic heterocycles. The molecule has 1 heterocycles. The molecule has 0 unspecified atom stereocenters. The Kier molecular flexibility index (Phi) is 4.56. The first kappa shape index (κ1) is 16.6. The number of hydrogen-bond donors (Lipinski definition) is 0. The third kappa shape index (κ3) is 3.64. The van der Waals surface area contributed by atoms with Gasteiger partial charge in [0.05, 0.1) is 10.9 Å². The summed E-state index contributed by atoms with van der Waals surface area (Å²) in [7, 11) is 0. The standard InChI is InChI=1S/C16H10Cl4N2O/c1-9-8-10(6-7-12(9)17)23-14-11-4-2-3-5-13(11)21-15(22-14)16(18,19)20/h2-8H,1H3. The molecular weight excluding hydrogens is 378 g/mol. The molecule has 3 aromatic rings. The normalized spacial score (nSPS) is 11.7. The highest BCUT2D eigenvalue weighted by Gasteiger charge is 2.28. The molecule has 1 aromatic heterocycles. The van der Waals surface area contributed by atoms with Gasteiger partial charge in [-0.25, -0.2) is 4.98 Å². The molecule has 118 valence electrons. The molecule has 0 bridgehead atoms. The molecule has 0 saturated carbocycles. The predicted molar refractivity (Wildman–Crippen MR) is 95.0 cm³/mol. The van der Waals surface area contributed by atoms with Crippen LogP contribution in [0.15, 0.2) is 42.5 Å². The second-order valence-corrected chi connectivity index (χ2v) is 7.57. The van der Waals surface area contributed by atoms with Gasteiger partial charge in [-0.1, -0.05) is 58.5 Å². The molecule has 7 heteroatoms. The van der Waals surface area contributed by atoms with Gasteiger partial charge in [-0.15, -0.1) is 0 Å². The number of nitrogens with zero attached hydrogens (tertiary/aromatic N) is 2. The van der Waals surface area contributed by atoms with Crippen LogP contribution in [0.5, 0.6) is 11.6 Å². The fraction of sp³-hybridized carbons (Fsp3) is 0.125. The van der Waals surface area contributed by atoms with Crippen LogP contribution in [0.2, 0.25) is 5.02 Å². The van der Waals surface area contributed by atoms with Crippen LogP contribution in [0, 0.1) is 6.92 Å². The Balaban J connectivity index is 2.13. The van der Waals surface area contributed by atoms with E-state index in [4.69, 9.17) is 51.1 Å². The summed E-state index contributed by atoms with van der Waals surface area (Å²) in [6.45, 7) is 1.89. The number of aryl methyl sites for hydroxylation is 1. The number of ether oxygens (including phenoxy) is 1. The lowest BCUT2D eigenvalue weighted by molar-refractivity contribution is 0.465. The molecule has 0 amide bonds. The molecule has 0 aliphatic rings. The molecule has 0 radical (unpaired) electrons. The SMILES string of the molecule is Cc1cc(Oc2nc(C(Cl)(Cl)Cl)nc3ccccc23)ccc1Cl. The summed E-state index contributed by atoms with van der Waals surface area (Å²) in [6.07, 6.45) is 0. The second-order valence-electron chi connectivity index (χ2n) is 4.88. The lowest BCUT2D eigenvalue weighted by Crippen LogP contribution is -2.08. The van der Waals surface area contributed by atoms with Crippen LogP contribution in [-0.4, -0.2) is 9.97 Å². The van der Waals surface area contributed by atoms with E-state index in [1.807, 2.05) is 31.2 Å². The second kappa shape index (κ2) is 6.33. The minimum atomic E-state index is -1.74. The third-order valence-corrected chi connectivity index (χ3v) is 4.10. The fourth-order valence-corrected chi connectivity index (χ4v) is 2.42. The highest BCUT2D eigenvalue weighted by molar-refractivity contribution is 6.66. The number of halogens is 4. The van der Waals surface area contributed by atoms with Crippen LogP contribution in [0.3, 0.4) is 0 Å². The summed E-state index contributed by atoms with van der Waals surface area (Å²) in [5, 5.41) is 1.38. The lowest BCUT2D eigenvalue weighted by atomic mass is 10.2. The zero-order chi connectivity index (χ0) is 16.6. The predicted octanol–water partition coefficient (Wildman–Crippen LogP) is 6.21. The maximum atomic E-state index is 6.03. The monoisotopic (exact) mass is 386 g/mol. The van der Waals surface area contributed by atoms with E-state index < -0.39 is 3.79 Å². The first-order valence-electron chi connectivity index (χ1n) is 6.62. The maximum Gasteiger partial charge on any atom is 0.250 e. The number of aromatic nitrogens is 2. The van der Waals surface area contributed by atoms with Crippen molar-refractivity contribution in [3.8, 4) is 11.6 Å². The van der Waals surface area contributed by atoms with Crippen molar-refractivity contribution < 1.29 is 4.74 Å². The van der Waals surface area contributed by atoms with Gasteiger partial charge in [0, 0.05) is 5.02 Å². The van der Waals surface area contributed by atoms with Gasteiger partial charge < -0.3 is 4.74 Å². The smallest absolute Gasteiger partial charge is 0.250 e. The van der Waals surface area contributed by atoms with Crippen LogP contribution in [-0.2, 0) is 3.79 Å². The molecular formula is C16H10Cl4N2O. The van der Waals surface area contributed by atoms with Crippen LogP contribution in [0.4, 0.5) is 0 Å². The Morgan fingerprint density at radius 2 is 1.74 bits per heavy atom.